The van der Waals surface area contributed by atoms with E-state index in [1.165, 1.54) is 18.2 Å². The van der Waals surface area contributed by atoms with Crippen LogP contribution >= 0.6 is 11.3 Å². The number of benzene rings is 2. The summed E-state index contributed by atoms with van der Waals surface area (Å²) in [5.74, 6) is -0.922. The van der Waals surface area contributed by atoms with Crippen molar-refractivity contribution in [1.82, 2.24) is 4.98 Å². The molecular formula is C24H25N3O4S. The van der Waals surface area contributed by atoms with Gasteiger partial charge in [0, 0.05) is 23.2 Å². The topological polar surface area (TPSA) is 115 Å². The predicted octanol–water partition coefficient (Wildman–Crippen LogP) is 4.72. The third-order valence-corrected chi connectivity index (χ3v) is 5.32. The molecule has 3 rings (SSSR count). The first kappa shape index (κ1) is 23.2. The van der Waals surface area contributed by atoms with E-state index in [1.54, 1.807) is 17.4 Å². The molecule has 1 heterocycles. The van der Waals surface area contributed by atoms with Crippen LogP contribution in [0.25, 0.3) is 12.2 Å². The maximum atomic E-state index is 12.8. The van der Waals surface area contributed by atoms with E-state index in [2.05, 4.69) is 29.5 Å². The zero-order chi connectivity index (χ0) is 23.1. The molecule has 2 aromatic carbocycles. The van der Waals surface area contributed by atoms with Gasteiger partial charge < -0.3 is 20.9 Å². The average molecular weight is 452 g/mol. The van der Waals surface area contributed by atoms with Gasteiger partial charge in [-0.15, -0.1) is 11.3 Å². The molecule has 166 valence electrons. The number of carbonyl (C=O) groups excluding carboxylic acids is 1. The quantitative estimate of drug-likeness (QED) is 0.433. The number of aromatic carboxylic acids is 1. The summed E-state index contributed by atoms with van der Waals surface area (Å²) < 4.78 is 5.41. The Balaban J connectivity index is 1.76. The third kappa shape index (κ3) is 6.26. The average Bonchev–Trinajstić information content (AvgIpc) is 3.26. The van der Waals surface area contributed by atoms with Crippen molar-refractivity contribution in [3.8, 4) is 5.75 Å². The lowest BCUT2D eigenvalue weighted by Crippen LogP contribution is -2.15. The monoisotopic (exact) mass is 451 g/mol. The molecule has 4 N–H and O–H groups in total. The number of anilines is 1. The number of carboxylic acids is 1. The van der Waals surface area contributed by atoms with Crippen molar-refractivity contribution in [2.75, 3.05) is 18.5 Å². The number of hydrogen-bond donors (Lipinski definition) is 3. The van der Waals surface area contributed by atoms with E-state index < -0.39 is 11.9 Å². The number of hydrogen-bond acceptors (Lipinski definition) is 6. The summed E-state index contributed by atoms with van der Waals surface area (Å²) in [5.41, 5.74) is 8.13. The minimum Gasteiger partial charge on any atom is -0.492 e. The van der Waals surface area contributed by atoms with E-state index in [0.29, 0.717) is 11.6 Å². The molecule has 0 aliphatic rings. The van der Waals surface area contributed by atoms with Crippen LogP contribution in [-0.4, -0.2) is 35.1 Å². The Labute approximate surface area is 190 Å². The van der Waals surface area contributed by atoms with Crippen molar-refractivity contribution in [2.45, 2.75) is 19.8 Å². The maximum absolute atomic E-state index is 12.8. The van der Waals surface area contributed by atoms with Crippen LogP contribution in [0.2, 0.25) is 0 Å². The molecule has 0 spiro atoms. The van der Waals surface area contributed by atoms with Gasteiger partial charge in [0.15, 0.2) is 0 Å². The molecule has 0 aliphatic carbocycles. The summed E-state index contributed by atoms with van der Waals surface area (Å²) >= 11 is 1.58. The van der Waals surface area contributed by atoms with Crippen molar-refractivity contribution in [3.63, 3.8) is 0 Å². The number of amides is 1. The summed E-state index contributed by atoms with van der Waals surface area (Å²) in [4.78, 5) is 28.8. The van der Waals surface area contributed by atoms with Crippen molar-refractivity contribution < 1.29 is 19.4 Å². The standard InChI is InChI=1S/C24H25N3O4S/c1-15(2)21-14-32-22(27-21)7-6-16-4-3-5-19(10-16)26-23(28)17-11-18(24(29)30)13-20(12-17)31-9-8-25/h3-7,10-15H,8-9,25H2,1-2H3,(H,26,28)(H,29,30)/b7-6+. The highest BCUT2D eigenvalue weighted by atomic mass is 32.1. The first-order valence-electron chi connectivity index (χ1n) is 10.1. The highest BCUT2D eigenvalue weighted by Crippen LogP contribution is 2.22. The molecule has 1 amide bonds. The molecule has 3 aromatic rings. The number of rotatable bonds is 9. The van der Waals surface area contributed by atoms with Gasteiger partial charge in [0.2, 0.25) is 0 Å². The minimum atomic E-state index is -1.15. The first-order chi connectivity index (χ1) is 15.4. The molecule has 1 aromatic heterocycles. The van der Waals surface area contributed by atoms with Crippen LogP contribution in [0.15, 0.2) is 47.8 Å². The Morgan fingerprint density at radius 2 is 1.97 bits per heavy atom. The zero-order valence-corrected chi connectivity index (χ0v) is 18.7. The second-order valence-corrected chi connectivity index (χ2v) is 8.26. The number of carboxylic acid groups (broad SMARTS) is 1. The highest BCUT2D eigenvalue weighted by Gasteiger charge is 2.14. The molecule has 0 saturated carbocycles. The summed E-state index contributed by atoms with van der Waals surface area (Å²) in [7, 11) is 0. The lowest BCUT2D eigenvalue weighted by molar-refractivity contribution is 0.0696. The van der Waals surface area contributed by atoms with Gasteiger partial charge in [-0.2, -0.15) is 0 Å². The number of nitrogens with one attached hydrogen (secondary N) is 1. The Morgan fingerprint density at radius 3 is 2.66 bits per heavy atom. The van der Waals surface area contributed by atoms with Gasteiger partial charge in [0.1, 0.15) is 17.4 Å². The summed E-state index contributed by atoms with van der Waals surface area (Å²) in [6.45, 7) is 4.71. The van der Waals surface area contributed by atoms with E-state index in [4.69, 9.17) is 10.5 Å². The van der Waals surface area contributed by atoms with Crippen LogP contribution in [0, 0.1) is 0 Å². The van der Waals surface area contributed by atoms with Gasteiger partial charge in [0.25, 0.3) is 5.91 Å². The Morgan fingerprint density at radius 1 is 1.19 bits per heavy atom. The first-order valence-corrected chi connectivity index (χ1v) is 11.0. The van der Waals surface area contributed by atoms with Crippen LogP contribution in [-0.2, 0) is 0 Å². The highest BCUT2D eigenvalue weighted by molar-refractivity contribution is 7.10. The fourth-order valence-corrected chi connectivity index (χ4v) is 3.72. The van der Waals surface area contributed by atoms with Crippen LogP contribution < -0.4 is 15.8 Å². The summed E-state index contributed by atoms with van der Waals surface area (Å²) in [6.07, 6.45) is 3.87. The van der Waals surface area contributed by atoms with Crippen LogP contribution in [0.1, 0.15) is 56.7 Å². The van der Waals surface area contributed by atoms with Crippen molar-refractivity contribution in [3.05, 3.63) is 75.2 Å². The number of carbonyl (C=O) groups is 2. The smallest absolute Gasteiger partial charge is 0.335 e. The Bertz CT molecular complexity index is 1140. The predicted molar refractivity (Wildman–Crippen MR) is 127 cm³/mol. The summed E-state index contributed by atoms with van der Waals surface area (Å²) in [6, 6.07) is 11.5. The Hall–Kier alpha value is -3.49. The zero-order valence-electron chi connectivity index (χ0n) is 17.9. The van der Waals surface area contributed by atoms with Crippen LogP contribution in [0.3, 0.4) is 0 Å². The van der Waals surface area contributed by atoms with E-state index in [1.807, 2.05) is 30.4 Å². The van der Waals surface area contributed by atoms with Gasteiger partial charge in [0.05, 0.1) is 11.3 Å². The van der Waals surface area contributed by atoms with E-state index >= 15 is 0 Å². The van der Waals surface area contributed by atoms with Crippen molar-refractivity contribution in [2.24, 2.45) is 5.73 Å². The molecular weight excluding hydrogens is 426 g/mol. The van der Waals surface area contributed by atoms with Crippen molar-refractivity contribution >= 4 is 41.1 Å². The lowest BCUT2D eigenvalue weighted by atomic mass is 10.1. The number of nitrogens with zero attached hydrogens (tertiary/aromatic N) is 1. The lowest BCUT2D eigenvalue weighted by Gasteiger charge is -2.10. The number of ether oxygens (including phenoxy) is 1. The van der Waals surface area contributed by atoms with Gasteiger partial charge in [-0.1, -0.05) is 32.1 Å². The second kappa shape index (κ2) is 10.7. The maximum Gasteiger partial charge on any atom is 0.335 e. The van der Waals surface area contributed by atoms with Crippen LogP contribution in [0.4, 0.5) is 5.69 Å². The van der Waals surface area contributed by atoms with E-state index in [0.717, 1.165) is 16.3 Å². The molecule has 7 nitrogen and oxygen atoms in total. The largest absolute Gasteiger partial charge is 0.492 e. The SMILES string of the molecule is CC(C)c1csc(/C=C/c2cccc(NC(=O)c3cc(OCCN)cc(C(=O)O)c3)c2)n1. The molecule has 0 fully saturated rings. The molecule has 0 radical (unpaired) electrons. The normalized spacial score (nSPS) is 11.1. The van der Waals surface area contributed by atoms with E-state index in [-0.39, 0.29) is 30.0 Å². The fraction of sp³-hybridized carbons (Fsp3) is 0.208. The molecule has 0 atom stereocenters. The second-order valence-electron chi connectivity index (χ2n) is 7.37. The van der Waals surface area contributed by atoms with Gasteiger partial charge in [-0.3, -0.25) is 4.79 Å². The number of thiazole rings is 1. The van der Waals surface area contributed by atoms with Crippen molar-refractivity contribution in [1.29, 1.82) is 0 Å². The van der Waals surface area contributed by atoms with Gasteiger partial charge in [-0.25, -0.2) is 9.78 Å². The third-order valence-electron chi connectivity index (χ3n) is 4.50. The molecule has 0 unspecified atom stereocenters. The molecule has 0 saturated heterocycles. The van der Waals surface area contributed by atoms with Gasteiger partial charge in [-0.05, 0) is 47.9 Å². The van der Waals surface area contributed by atoms with Crippen LogP contribution in [0.5, 0.6) is 5.75 Å². The molecule has 32 heavy (non-hydrogen) atoms. The number of aromatic nitrogens is 1. The number of nitrogens with two attached hydrogens (primary N) is 1. The molecule has 0 bridgehead atoms. The molecule has 0 aliphatic heterocycles. The van der Waals surface area contributed by atoms with Gasteiger partial charge >= 0.3 is 5.97 Å². The Kier molecular flexibility index (Phi) is 7.75. The summed E-state index contributed by atoms with van der Waals surface area (Å²) in [5, 5.41) is 15.1. The fourth-order valence-electron chi connectivity index (χ4n) is 2.85. The molecule has 8 heteroatoms. The minimum absolute atomic E-state index is 0.0365. The van der Waals surface area contributed by atoms with E-state index in [9.17, 15) is 14.7 Å².